The van der Waals surface area contributed by atoms with E-state index in [0.717, 1.165) is 24.0 Å². The lowest BCUT2D eigenvalue weighted by molar-refractivity contribution is -0.173. The molecule has 4 nitrogen and oxygen atoms in total. The van der Waals surface area contributed by atoms with E-state index in [1.807, 2.05) is 20.8 Å². The van der Waals surface area contributed by atoms with Crippen molar-refractivity contribution in [2.75, 3.05) is 13.2 Å². The number of hydrogen-bond acceptors (Lipinski definition) is 4. The molecule has 0 rings (SSSR count). The second-order valence-electron chi connectivity index (χ2n) is 6.72. The summed E-state index contributed by atoms with van der Waals surface area (Å²) in [5, 5.41) is 0. The predicted octanol–water partition coefficient (Wildman–Crippen LogP) is 5.15. The van der Waals surface area contributed by atoms with Gasteiger partial charge >= 0.3 is 11.9 Å². The highest BCUT2D eigenvalue weighted by Gasteiger charge is 2.47. The molecule has 0 fully saturated rings. The van der Waals surface area contributed by atoms with Gasteiger partial charge in [-0.3, -0.25) is 9.59 Å². The minimum Gasteiger partial charge on any atom is -0.465 e. The minimum absolute atomic E-state index is 0.222. The lowest BCUT2D eigenvalue weighted by Gasteiger charge is -2.28. The van der Waals surface area contributed by atoms with Crippen LogP contribution in [0.1, 0.15) is 65.7 Å². The topological polar surface area (TPSA) is 52.6 Å². The maximum absolute atomic E-state index is 12.7. The van der Waals surface area contributed by atoms with Crippen molar-refractivity contribution in [3.63, 3.8) is 0 Å². The zero-order valence-corrected chi connectivity index (χ0v) is 16.2. The smallest absolute Gasteiger partial charge is 0.323 e. The second kappa shape index (κ2) is 12.5. The third kappa shape index (κ3) is 8.71. The molecule has 142 valence electrons. The second-order valence-corrected chi connectivity index (χ2v) is 6.72. The molecule has 0 spiro atoms. The van der Waals surface area contributed by atoms with Crippen LogP contribution >= 0.6 is 0 Å². The Hall–Kier alpha value is -1.84. The van der Waals surface area contributed by atoms with Crippen LogP contribution in [0, 0.1) is 5.41 Å². The number of ether oxygens (including phenoxy) is 2. The van der Waals surface area contributed by atoms with Gasteiger partial charge in [-0.05, 0) is 52.4 Å². The predicted molar refractivity (Wildman–Crippen MR) is 102 cm³/mol. The van der Waals surface area contributed by atoms with E-state index in [1.54, 1.807) is 6.08 Å². The Kier molecular flexibility index (Phi) is 11.6. The van der Waals surface area contributed by atoms with Crippen molar-refractivity contribution in [3.8, 4) is 0 Å². The fraction of sp³-hybridized carbons (Fsp3) is 0.619. The Labute approximate surface area is 153 Å². The van der Waals surface area contributed by atoms with Crippen molar-refractivity contribution < 1.29 is 19.1 Å². The van der Waals surface area contributed by atoms with E-state index in [1.165, 1.54) is 0 Å². The Balaban J connectivity index is 4.91. The third-order valence-corrected chi connectivity index (χ3v) is 3.91. The van der Waals surface area contributed by atoms with Crippen LogP contribution in [0.25, 0.3) is 0 Å². The lowest BCUT2D eigenvalue weighted by atomic mass is 9.80. The Bertz CT molecular complexity index is 442. The Morgan fingerprint density at radius 1 is 0.960 bits per heavy atom. The van der Waals surface area contributed by atoms with Gasteiger partial charge in [0.1, 0.15) is 0 Å². The van der Waals surface area contributed by atoms with Gasteiger partial charge in [-0.25, -0.2) is 0 Å². The summed E-state index contributed by atoms with van der Waals surface area (Å²) < 4.78 is 10.8. The van der Waals surface area contributed by atoms with Gasteiger partial charge in [-0.2, -0.15) is 0 Å². The molecule has 25 heavy (non-hydrogen) atoms. The molecule has 0 amide bonds. The van der Waals surface area contributed by atoms with Crippen LogP contribution in [0.3, 0.4) is 0 Å². The summed E-state index contributed by atoms with van der Waals surface area (Å²) in [5.41, 5.74) is 0.793. The summed E-state index contributed by atoms with van der Waals surface area (Å²) >= 11 is 0. The first kappa shape index (κ1) is 23.2. The maximum atomic E-state index is 12.7. The standard InChI is InChI=1S/C21H34O4/c1-7-13-21(14-8-2,19(22)24-15-9-11-17(3)4)20(23)25-16-10-12-18(5)6/h7H,1,3,5,8-16H2,2,4,6H3. The first-order valence-corrected chi connectivity index (χ1v) is 9.04. The Morgan fingerprint density at radius 3 is 1.72 bits per heavy atom. The zero-order chi connectivity index (χ0) is 19.3. The first-order valence-electron chi connectivity index (χ1n) is 9.04. The van der Waals surface area contributed by atoms with Crippen LogP contribution in [0.15, 0.2) is 37.0 Å². The molecule has 0 aliphatic heterocycles. The summed E-state index contributed by atoms with van der Waals surface area (Å²) in [7, 11) is 0. The maximum Gasteiger partial charge on any atom is 0.323 e. The van der Waals surface area contributed by atoms with E-state index in [2.05, 4.69) is 19.7 Å². The molecule has 0 heterocycles. The van der Waals surface area contributed by atoms with Crippen LogP contribution in [0.4, 0.5) is 0 Å². The molecule has 0 aromatic heterocycles. The molecule has 0 N–H and O–H groups in total. The molecule has 0 aliphatic rings. The lowest BCUT2D eigenvalue weighted by Crippen LogP contribution is -2.42. The molecular formula is C21H34O4. The van der Waals surface area contributed by atoms with E-state index in [4.69, 9.17) is 9.47 Å². The molecule has 0 aliphatic carbocycles. The largest absolute Gasteiger partial charge is 0.465 e. The summed E-state index contributed by atoms with van der Waals surface area (Å²) in [4.78, 5) is 25.3. The molecule has 0 bridgehead atoms. The van der Waals surface area contributed by atoms with E-state index in [9.17, 15) is 9.59 Å². The van der Waals surface area contributed by atoms with Gasteiger partial charge in [0.2, 0.25) is 0 Å². The van der Waals surface area contributed by atoms with Gasteiger partial charge in [0.15, 0.2) is 5.41 Å². The van der Waals surface area contributed by atoms with Gasteiger partial charge in [0, 0.05) is 0 Å². The highest BCUT2D eigenvalue weighted by atomic mass is 16.6. The Morgan fingerprint density at radius 2 is 1.40 bits per heavy atom. The van der Waals surface area contributed by atoms with E-state index < -0.39 is 17.4 Å². The van der Waals surface area contributed by atoms with Crippen molar-refractivity contribution in [2.45, 2.75) is 65.7 Å². The molecule has 0 unspecified atom stereocenters. The average Bonchev–Trinajstić information content (AvgIpc) is 2.54. The molecule has 0 aromatic rings. The molecule has 0 saturated carbocycles. The highest BCUT2D eigenvalue weighted by molar-refractivity contribution is 6.00. The monoisotopic (exact) mass is 350 g/mol. The molecular weight excluding hydrogens is 316 g/mol. The normalized spacial score (nSPS) is 10.8. The van der Waals surface area contributed by atoms with Crippen LogP contribution in [0.5, 0.6) is 0 Å². The number of carbonyl (C=O) groups is 2. The van der Waals surface area contributed by atoms with Gasteiger partial charge in [0.05, 0.1) is 13.2 Å². The van der Waals surface area contributed by atoms with Gasteiger partial charge in [0.25, 0.3) is 0 Å². The molecule has 0 radical (unpaired) electrons. The zero-order valence-electron chi connectivity index (χ0n) is 16.2. The van der Waals surface area contributed by atoms with Crippen LogP contribution in [-0.4, -0.2) is 25.2 Å². The van der Waals surface area contributed by atoms with Crippen molar-refractivity contribution in [2.24, 2.45) is 5.41 Å². The van der Waals surface area contributed by atoms with Crippen LogP contribution in [-0.2, 0) is 19.1 Å². The number of allylic oxidation sites excluding steroid dienone is 3. The molecule has 0 aromatic carbocycles. The molecule has 4 heteroatoms. The average molecular weight is 350 g/mol. The highest BCUT2D eigenvalue weighted by Crippen LogP contribution is 2.33. The molecule has 0 atom stereocenters. The van der Waals surface area contributed by atoms with E-state index in [0.29, 0.717) is 25.7 Å². The SMILES string of the molecule is C=CCC(CCC)(C(=O)OCCCC(=C)C)C(=O)OCCCC(=C)C. The number of hydrogen-bond donors (Lipinski definition) is 0. The first-order chi connectivity index (χ1) is 11.8. The van der Waals surface area contributed by atoms with Gasteiger partial charge in [-0.15, -0.1) is 19.7 Å². The quantitative estimate of drug-likeness (QED) is 0.188. The number of esters is 2. The summed E-state index contributed by atoms with van der Waals surface area (Å²) in [6, 6.07) is 0. The summed E-state index contributed by atoms with van der Waals surface area (Å²) in [5.74, 6) is -1.03. The number of carbonyl (C=O) groups excluding carboxylic acids is 2. The number of rotatable bonds is 14. The fourth-order valence-corrected chi connectivity index (χ4v) is 2.58. The van der Waals surface area contributed by atoms with E-state index in [-0.39, 0.29) is 19.6 Å². The third-order valence-electron chi connectivity index (χ3n) is 3.91. The van der Waals surface area contributed by atoms with Crippen molar-refractivity contribution in [3.05, 3.63) is 37.0 Å². The summed E-state index contributed by atoms with van der Waals surface area (Å²) in [6.07, 6.45) is 5.85. The van der Waals surface area contributed by atoms with Crippen LogP contribution in [0.2, 0.25) is 0 Å². The van der Waals surface area contributed by atoms with Crippen molar-refractivity contribution in [1.29, 1.82) is 0 Å². The molecule has 0 saturated heterocycles. The van der Waals surface area contributed by atoms with Gasteiger partial charge < -0.3 is 9.47 Å². The van der Waals surface area contributed by atoms with Crippen LogP contribution < -0.4 is 0 Å². The summed E-state index contributed by atoms with van der Waals surface area (Å²) in [6.45, 7) is 17.7. The van der Waals surface area contributed by atoms with Crippen molar-refractivity contribution in [1.82, 2.24) is 0 Å². The van der Waals surface area contributed by atoms with Gasteiger partial charge in [-0.1, -0.05) is 30.6 Å². The minimum atomic E-state index is -1.29. The fourth-order valence-electron chi connectivity index (χ4n) is 2.58. The van der Waals surface area contributed by atoms with Crippen molar-refractivity contribution >= 4 is 11.9 Å². The van der Waals surface area contributed by atoms with E-state index >= 15 is 0 Å².